The molecule has 0 amide bonds. The molecule has 0 spiro atoms. The zero-order valence-electron chi connectivity index (χ0n) is 12.3. The number of anilines is 1. The third-order valence-corrected chi connectivity index (χ3v) is 4.24. The molecule has 2 aromatic rings. The fourth-order valence-corrected chi connectivity index (χ4v) is 2.68. The molecule has 0 bridgehead atoms. The van der Waals surface area contributed by atoms with Gasteiger partial charge in [0.15, 0.2) is 0 Å². The van der Waals surface area contributed by atoms with Crippen LogP contribution in [-0.4, -0.2) is 4.98 Å². The topological polar surface area (TPSA) is 72.5 Å². The molecular formula is C16H16N4S. The third kappa shape index (κ3) is 3.59. The van der Waals surface area contributed by atoms with Gasteiger partial charge in [-0.15, -0.1) is 11.3 Å². The van der Waals surface area contributed by atoms with Gasteiger partial charge >= 0.3 is 0 Å². The lowest BCUT2D eigenvalue weighted by molar-refractivity contribution is 0.583. The number of hydrogen-bond acceptors (Lipinski definition) is 5. The lowest BCUT2D eigenvalue weighted by atomic mass is 9.98. The van der Waals surface area contributed by atoms with Crippen LogP contribution in [0.2, 0.25) is 0 Å². The van der Waals surface area contributed by atoms with Gasteiger partial charge < -0.3 is 5.32 Å². The van der Waals surface area contributed by atoms with E-state index in [-0.39, 0.29) is 5.41 Å². The highest BCUT2D eigenvalue weighted by molar-refractivity contribution is 7.09. The van der Waals surface area contributed by atoms with E-state index in [2.05, 4.69) is 31.1 Å². The Balaban J connectivity index is 2.09. The van der Waals surface area contributed by atoms with E-state index in [4.69, 9.17) is 10.5 Å². The second-order valence-electron chi connectivity index (χ2n) is 5.73. The first-order valence-corrected chi connectivity index (χ1v) is 7.45. The van der Waals surface area contributed by atoms with Crippen molar-refractivity contribution in [2.45, 2.75) is 32.7 Å². The molecule has 0 radical (unpaired) electrons. The van der Waals surface area contributed by atoms with Crippen molar-refractivity contribution in [3.63, 3.8) is 0 Å². The van der Waals surface area contributed by atoms with Gasteiger partial charge in [0.05, 0.1) is 28.4 Å². The minimum absolute atomic E-state index is 0.0609. The Bertz CT molecular complexity index is 726. The summed E-state index contributed by atoms with van der Waals surface area (Å²) in [6.45, 7) is 7.03. The summed E-state index contributed by atoms with van der Waals surface area (Å²) in [5, 5.41) is 24.3. The SMILES string of the molecule is CC(C)(C)c1nc(CNc2ccc(C#N)c(C#N)c2)cs1. The minimum Gasteiger partial charge on any atom is -0.379 e. The van der Waals surface area contributed by atoms with E-state index >= 15 is 0 Å². The Morgan fingerprint density at radius 1 is 1.19 bits per heavy atom. The number of hydrogen-bond donors (Lipinski definition) is 1. The summed E-state index contributed by atoms with van der Waals surface area (Å²) < 4.78 is 0. The Morgan fingerprint density at radius 2 is 1.90 bits per heavy atom. The Morgan fingerprint density at radius 3 is 2.48 bits per heavy atom. The Hall–Kier alpha value is -2.37. The van der Waals surface area contributed by atoms with Crippen molar-refractivity contribution in [3.05, 3.63) is 45.4 Å². The predicted molar refractivity (Wildman–Crippen MR) is 84.0 cm³/mol. The number of rotatable bonds is 3. The highest BCUT2D eigenvalue weighted by atomic mass is 32.1. The predicted octanol–water partition coefficient (Wildman–Crippen LogP) is 3.80. The van der Waals surface area contributed by atoms with E-state index in [0.717, 1.165) is 16.4 Å². The van der Waals surface area contributed by atoms with Crippen molar-refractivity contribution >= 4 is 17.0 Å². The Labute approximate surface area is 128 Å². The van der Waals surface area contributed by atoms with Crippen LogP contribution in [0.3, 0.4) is 0 Å². The molecule has 0 fully saturated rings. The van der Waals surface area contributed by atoms with Crippen LogP contribution in [0.5, 0.6) is 0 Å². The summed E-state index contributed by atoms with van der Waals surface area (Å²) in [6, 6.07) is 9.19. The summed E-state index contributed by atoms with van der Waals surface area (Å²) in [6.07, 6.45) is 0. The molecule has 0 saturated heterocycles. The zero-order chi connectivity index (χ0) is 15.5. The summed E-state index contributed by atoms with van der Waals surface area (Å²) in [5.74, 6) is 0. The van der Waals surface area contributed by atoms with E-state index in [1.165, 1.54) is 0 Å². The van der Waals surface area contributed by atoms with Crippen LogP contribution in [0, 0.1) is 22.7 Å². The summed E-state index contributed by atoms with van der Waals surface area (Å²) in [4.78, 5) is 4.61. The van der Waals surface area contributed by atoms with Gasteiger partial charge in [0.1, 0.15) is 12.1 Å². The van der Waals surface area contributed by atoms with E-state index in [0.29, 0.717) is 17.7 Å². The quantitative estimate of drug-likeness (QED) is 0.935. The van der Waals surface area contributed by atoms with Gasteiger partial charge in [0, 0.05) is 16.5 Å². The molecule has 5 heteroatoms. The molecule has 1 N–H and O–H groups in total. The van der Waals surface area contributed by atoms with Crippen molar-refractivity contribution in [1.29, 1.82) is 10.5 Å². The van der Waals surface area contributed by atoms with Crippen molar-refractivity contribution < 1.29 is 0 Å². The first-order chi connectivity index (χ1) is 9.94. The monoisotopic (exact) mass is 296 g/mol. The molecule has 0 unspecified atom stereocenters. The van der Waals surface area contributed by atoms with Gasteiger partial charge in [0.2, 0.25) is 0 Å². The molecule has 2 rings (SSSR count). The van der Waals surface area contributed by atoms with Crippen LogP contribution in [0.1, 0.15) is 42.6 Å². The molecule has 21 heavy (non-hydrogen) atoms. The fourth-order valence-electron chi connectivity index (χ4n) is 1.77. The second kappa shape index (κ2) is 5.95. The van der Waals surface area contributed by atoms with Crippen molar-refractivity contribution in [1.82, 2.24) is 4.98 Å². The number of aromatic nitrogens is 1. The lowest BCUT2D eigenvalue weighted by Gasteiger charge is -2.13. The van der Waals surface area contributed by atoms with Crippen LogP contribution in [0.15, 0.2) is 23.6 Å². The largest absolute Gasteiger partial charge is 0.379 e. The Kier molecular flexibility index (Phi) is 4.26. The van der Waals surface area contributed by atoms with Gasteiger partial charge in [0.25, 0.3) is 0 Å². The lowest BCUT2D eigenvalue weighted by Crippen LogP contribution is -2.11. The van der Waals surface area contributed by atoms with Gasteiger partial charge in [-0.3, -0.25) is 0 Å². The standard InChI is InChI=1S/C16H16N4S/c1-16(2,3)15-20-14(10-21-15)9-19-13-5-4-11(7-17)12(6-13)8-18/h4-6,10,19H,9H2,1-3H3. The summed E-state index contributed by atoms with van der Waals surface area (Å²) in [7, 11) is 0. The fraction of sp³-hybridized carbons (Fsp3) is 0.312. The summed E-state index contributed by atoms with van der Waals surface area (Å²) >= 11 is 1.66. The molecule has 4 nitrogen and oxygen atoms in total. The molecule has 1 aromatic carbocycles. The zero-order valence-corrected chi connectivity index (χ0v) is 13.1. The molecule has 0 aliphatic rings. The number of nitriles is 2. The maximum Gasteiger partial charge on any atom is 0.101 e. The van der Waals surface area contributed by atoms with Crippen LogP contribution < -0.4 is 5.32 Å². The van der Waals surface area contributed by atoms with Crippen molar-refractivity contribution in [2.24, 2.45) is 0 Å². The number of nitrogens with one attached hydrogen (secondary N) is 1. The average Bonchev–Trinajstić information content (AvgIpc) is 2.93. The van der Waals surface area contributed by atoms with Gasteiger partial charge in [-0.05, 0) is 18.2 Å². The maximum absolute atomic E-state index is 9.01. The summed E-state index contributed by atoms with van der Waals surface area (Å²) in [5.41, 5.74) is 2.64. The average molecular weight is 296 g/mol. The molecular weight excluding hydrogens is 280 g/mol. The van der Waals surface area contributed by atoms with Crippen molar-refractivity contribution in [3.8, 4) is 12.1 Å². The van der Waals surface area contributed by atoms with E-state index in [1.54, 1.807) is 29.5 Å². The van der Waals surface area contributed by atoms with Crippen molar-refractivity contribution in [2.75, 3.05) is 5.32 Å². The molecule has 0 saturated carbocycles. The van der Waals surface area contributed by atoms with Gasteiger partial charge in [-0.25, -0.2) is 4.98 Å². The molecule has 1 heterocycles. The maximum atomic E-state index is 9.01. The van der Waals surface area contributed by atoms with E-state index < -0.39 is 0 Å². The highest BCUT2D eigenvalue weighted by Crippen LogP contribution is 2.26. The van der Waals surface area contributed by atoms with E-state index in [9.17, 15) is 0 Å². The second-order valence-corrected chi connectivity index (χ2v) is 6.59. The molecule has 0 atom stereocenters. The highest BCUT2D eigenvalue weighted by Gasteiger charge is 2.17. The minimum atomic E-state index is 0.0609. The molecule has 1 aromatic heterocycles. The first-order valence-electron chi connectivity index (χ1n) is 6.57. The van der Waals surface area contributed by atoms with Crippen LogP contribution >= 0.6 is 11.3 Å². The molecule has 106 valence electrons. The van der Waals surface area contributed by atoms with Crippen LogP contribution in [0.25, 0.3) is 0 Å². The smallest absolute Gasteiger partial charge is 0.101 e. The normalized spacial score (nSPS) is 10.7. The van der Waals surface area contributed by atoms with E-state index in [1.807, 2.05) is 17.5 Å². The van der Waals surface area contributed by atoms with Crippen LogP contribution in [0.4, 0.5) is 5.69 Å². The van der Waals surface area contributed by atoms with Crippen LogP contribution in [-0.2, 0) is 12.0 Å². The van der Waals surface area contributed by atoms with Gasteiger partial charge in [-0.2, -0.15) is 10.5 Å². The molecule has 0 aliphatic carbocycles. The number of thiazole rings is 1. The first kappa shape index (κ1) is 15.0. The van der Waals surface area contributed by atoms with Gasteiger partial charge in [-0.1, -0.05) is 20.8 Å². The molecule has 0 aliphatic heterocycles. The third-order valence-electron chi connectivity index (χ3n) is 2.93. The number of nitrogens with zero attached hydrogens (tertiary/aromatic N) is 3. The number of benzene rings is 1.